The summed E-state index contributed by atoms with van der Waals surface area (Å²) in [7, 11) is 0. The summed E-state index contributed by atoms with van der Waals surface area (Å²) < 4.78 is 21.7. The van der Waals surface area contributed by atoms with E-state index in [1.807, 2.05) is 13.0 Å². The third kappa shape index (κ3) is 3.94. The summed E-state index contributed by atoms with van der Waals surface area (Å²) in [5.41, 5.74) is 1.15. The summed E-state index contributed by atoms with van der Waals surface area (Å²) in [6.07, 6.45) is 5.07. The molecule has 0 saturated carbocycles. The second kappa shape index (κ2) is 8.49. The minimum absolute atomic E-state index is 0.00905. The molecule has 0 amide bonds. The van der Waals surface area contributed by atoms with Crippen LogP contribution in [0.3, 0.4) is 0 Å². The Labute approximate surface area is 162 Å². The highest BCUT2D eigenvalue weighted by Crippen LogP contribution is 2.30. The number of nitriles is 1. The zero-order valence-corrected chi connectivity index (χ0v) is 15.8. The van der Waals surface area contributed by atoms with Gasteiger partial charge < -0.3 is 9.30 Å². The highest BCUT2D eigenvalue weighted by molar-refractivity contribution is 5.70. The van der Waals surface area contributed by atoms with Gasteiger partial charge in [0, 0.05) is 24.5 Å². The van der Waals surface area contributed by atoms with E-state index in [-0.39, 0.29) is 16.9 Å². The van der Waals surface area contributed by atoms with Crippen LogP contribution < -0.4 is 10.3 Å². The molecule has 0 saturated heterocycles. The molecule has 0 fully saturated rings. The monoisotopic (exact) mass is 377 g/mol. The molecule has 0 bridgehead atoms. The van der Waals surface area contributed by atoms with Gasteiger partial charge in [0.05, 0.1) is 5.69 Å². The summed E-state index contributed by atoms with van der Waals surface area (Å²) in [4.78, 5) is 16.7. The number of ether oxygens (including phenoxy) is 1. The van der Waals surface area contributed by atoms with E-state index in [2.05, 4.69) is 4.98 Å². The van der Waals surface area contributed by atoms with Crippen molar-refractivity contribution in [2.75, 3.05) is 0 Å². The fourth-order valence-corrected chi connectivity index (χ4v) is 2.87. The number of aryl methyl sites for hydroxylation is 2. The fraction of sp³-hybridized carbons (Fsp3) is 0.227. The van der Waals surface area contributed by atoms with Crippen molar-refractivity contribution in [3.05, 3.63) is 76.2 Å². The molecule has 3 aromatic rings. The molecule has 2 heterocycles. The molecule has 0 N–H and O–H groups in total. The van der Waals surface area contributed by atoms with Gasteiger partial charge in [-0.05, 0) is 49.2 Å². The Bertz CT molecular complexity index is 1100. The van der Waals surface area contributed by atoms with E-state index in [4.69, 9.17) is 4.74 Å². The first-order valence-electron chi connectivity index (χ1n) is 9.08. The lowest BCUT2D eigenvalue weighted by Gasteiger charge is -2.12. The number of hydrogen-bond donors (Lipinski definition) is 0. The molecule has 6 heteroatoms. The van der Waals surface area contributed by atoms with E-state index in [1.165, 1.54) is 16.7 Å². The Morgan fingerprint density at radius 3 is 2.75 bits per heavy atom. The number of pyridine rings is 2. The van der Waals surface area contributed by atoms with E-state index in [0.29, 0.717) is 29.1 Å². The number of aromatic nitrogens is 2. The lowest BCUT2D eigenvalue weighted by Crippen LogP contribution is -2.22. The van der Waals surface area contributed by atoms with Crippen LogP contribution >= 0.6 is 0 Å². The van der Waals surface area contributed by atoms with E-state index in [0.717, 1.165) is 12.8 Å². The number of hydrogen-bond acceptors (Lipinski definition) is 4. The number of benzene rings is 1. The molecule has 0 unspecified atom stereocenters. The highest BCUT2D eigenvalue weighted by atomic mass is 19.1. The Morgan fingerprint density at radius 2 is 2.07 bits per heavy atom. The highest BCUT2D eigenvalue weighted by Gasteiger charge is 2.14. The average molecular weight is 377 g/mol. The lowest BCUT2D eigenvalue weighted by molar-refractivity contribution is 0.437. The average Bonchev–Trinajstić information content (AvgIpc) is 2.70. The van der Waals surface area contributed by atoms with Gasteiger partial charge in [-0.15, -0.1) is 0 Å². The zero-order valence-electron chi connectivity index (χ0n) is 15.8. The van der Waals surface area contributed by atoms with Gasteiger partial charge in [0.25, 0.3) is 5.56 Å². The molecule has 0 aliphatic carbocycles. The van der Waals surface area contributed by atoms with Crippen LogP contribution in [-0.2, 0) is 6.54 Å². The topological polar surface area (TPSA) is 67.9 Å². The van der Waals surface area contributed by atoms with Crippen LogP contribution in [0.5, 0.6) is 11.5 Å². The number of nitrogens with zero attached hydrogens (tertiary/aromatic N) is 3. The van der Waals surface area contributed by atoms with Crippen LogP contribution in [-0.4, -0.2) is 9.55 Å². The standard InChI is InChI=1S/C22H20FN3O2/c1-3-4-11-26-12-9-17(18(14-24)22(26)27)16-7-8-21(19(23)13-16)28-20-6-5-10-25-15(20)2/h5-10,12-13H,3-4,11H2,1-2H3. The Morgan fingerprint density at radius 1 is 1.25 bits per heavy atom. The molecule has 0 aliphatic heterocycles. The molecular weight excluding hydrogens is 357 g/mol. The maximum Gasteiger partial charge on any atom is 0.269 e. The molecule has 5 nitrogen and oxygen atoms in total. The summed E-state index contributed by atoms with van der Waals surface area (Å²) in [6.45, 7) is 4.36. The Balaban J connectivity index is 1.96. The van der Waals surface area contributed by atoms with Crippen LogP contribution in [0.25, 0.3) is 11.1 Å². The molecule has 0 radical (unpaired) electrons. The number of rotatable bonds is 6. The Kier molecular flexibility index (Phi) is 5.85. The molecule has 0 spiro atoms. The number of halogens is 1. The maximum absolute atomic E-state index is 14.6. The zero-order chi connectivity index (χ0) is 20.1. The van der Waals surface area contributed by atoms with E-state index < -0.39 is 5.82 Å². The molecule has 0 atom stereocenters. The smallest absolute Gasteiger partial charge is 0.269 e. The van der Waals surface area contributed by atoms with Crippen LogP contribution in [0.4, 0.5) is 4.39 Å². The van der Waals surface area contributed by atoms with Crippen LogP contribution in [0.1, 0.15) is 31.0 Å². The van der Waals surface area contributed by atoms with Gasteiger partial charge in [0.2, 0.25) is 0 Å². The maximum atomic E-state index is 14.6. The summed E-state index contributed by atoms with van der Waals surface area (Å²) in [5, 5.41) is 9.47. The lowest BCUT2D eigenvalue weighted by atomic mass is 10.0. The first kappa shape index (κ1) is 19.3. The summed E-state index contributed by atoms with van der Waals surface area (Å²) >= 11 is 0. The third-order valence-corrected chi connectivity index (χ3v) is 4.45. The first-order valence-corrected chi connectivity index (χ1v) is 9.08. The third-order valence-electron chi connectivity index (χ3n) is 4.45. The molecular formula is C22H20FN3O2. The fourth-order valence-electron chi connectivity index (χ4n) is 2.87. The predicted molar refractivity (Wildman–Crippen MR) is 105 cm³/mol. The summed E-state index contributed by atoms with van der Waals surface area (Å²) in [6, 6.07) is 11.5. The van der Waals surface area contributed by atoms with Gasteiger partial charge in [-0.3, -0.25) is 9.78 Å². The predicted octanol–water partition coefficient (Wildman–Crippen LogP) is 4.82. The van der Waals surface area contributed by atoms with Gasteiger partial charge in [-0.1, -0.05) is 19.4 Å². The first-order chi connectivity index (χ1) is 13.5. The Hall–Kier alpha value is -3.46. The SMILES string of the molecule is CCCCn1ccc(-c2ccc(Oc3cccnc3C)c(F)c2)c(C#N)c1=O. The van der Waals surface area contributed by atoms with Crippen molar-refractivity contribution in [2.24, 2.45) is 0 Å². The van der Waals surface area contributed by atoms with Gasteiger partial charge in [0.15, 0.2) is 11.6 Å². The van der Waals surface area contributed by atoms with E-state index in [1.54, 1.807) is 43.6 Å². The van der Waals surface area contributed by atoms with Crippen molar-refractivity contribution in [2.45, 2.75) is 33.2 Å². The minimum Gasteiger partial charge on any atom is -0.452 e. The second-order valence-corrected chi connectivity index (χ2v) is 6.40. The summed E-state index contributed by atoms with van der Waals surface area (Å²) in [5.74, 6) is -0.0696. The van der Waals surface area contributed by atoms with Crippen LogP contribution in [0, 0.1) is 24.1 Å². The van der Waals surface area contributed by atoms with Crippen LogP contribution in [0.15, 0.2) is 53.6 Å². The van der Waals surface area contributed by atoms with Crippen molar-refractivity contribution in [3.63, 3.8) is 0 Å². The molecule has 2 aromatic heterocycles. The molecule has 1 aromatic carbocycles. The molecule has 3 rings (SSSR count). The van der Waals surface area contributed by atoms with Gasteiger partial charge in [-0.25, -0.2) is 4.39 Å². The van der Waals surface area contributed by atoms with E-state index >= 15 is 0 Å². The normalized spacial score (nSPS) is 10.5. The van der Waals surface area contributed by atoms with Crippen molar-refractivity contribution in [1.82, 2.24) is 9.55 Å². The van der Waals surface area contributed by atoms with Crippen molar-refractivity contribution in [3.8, 4) is 28.7 Å². The van der Waals surface area contributed by atoms with Crippen molar-refractivity contribution in [1.29, 1.82) is 5.26 Å². The molecule has 28 heavy (non-hydrogen) atoms. The van der Waals surface area contributed by atoms with Gasteiger partial charge in [-0.2, -0.15) is 5.26 Å². The largest absolute Gasteiger partial charge is 0.452 e. The van der Waals surface area contributed by atoms with E-state index in [9.17, 15) is 14.4 Å². The van der Waals surface area contributed by atoms with Gasteiger partial charge in [0.1, 0.15) is 17.4 Å². The quantitative estimate of drug-likeness (QED) is 0.617. The molecule has 142 valence electrons. The second-order valence-electron chi connectivity index (χ2n) is 6.40. The van der Waals surface area contributed by atoms with Crippen molar-refractivity contribution >= 4 is 0 Å². The van der Waals surface area contributed by atoms with Crippen molar-refractivity contribution < 1.29 is 9.13 Å². The van der Waals surface area contributed by atoms with Gasteiger partial charge >= 0.3 is 0 Å². The minimum atomic E-state index is -0.584. The molecule has 0 aliphatic rings. The number of unbranched alkanes of at least 4 members (excludes halogenated alkanes) is 1. The van der Waals surface area contributed by atoms with Crippen LogP contribution in [0.2, 0.25) is 0 Å².